The zero-order valence-electron chi connectivity index (χ0n) is 18.0. The number of benzene rings is 1. The zero-order valence-corrected chi connectivity index (χ0v) is 18.0. The van der Waals surface area contributed by atoms with Gasteiger partial charge in [-0.3, -0.25) is 0 Å². The minimum Gasteiger partial charge on any atom is -0.469 e. The molecule has 1 heterocycles. The Kier molecular flexibility index (Phi) is 7.16. The van der Waals surface area contributed by atoms with Crippen LogP contribution in [0.1, 0.15) is 72.1 Å². The van der Waals surface area contributed by atoms with Crippen molar-refractivity contribution in [2.24, 2.45) is 10.8 Å². The van der Waals surface area contributed by atoms with E-state index >= 15 is 0 Å². The molecule has 0 bridgehead atoms. The van der Waals surface area contributed by atoms with Gasteiger partial charge in [0.25, 0.3) is 0 Å². The fourth-order valence-electron chi connectivity index (χ4n) is 3.32. The highest BCUT2D eigenvalue weighted by Gasteiger charge is 2.30. The van der Waals surface area contributed by atoms with Gasteiger partial charge in [0.2, 0.25) is 0 Å². The molecule has 2 atom stereocenters. The average molecular weight is 373 g/mol. The molecular formula is C24H36O3. The van der Waals surface area contributed by atoms with Crippen molar-refractivity contribution in [3.63, 3.8) is 0 Å². The molecule has 0 saturated heterocycles. The van der Waals surface area contributed by atoms with Gasteiger partial charge in [0.15, 0.2) is 6.29 Å². The Morgan fingerprint density at radius 1 is 0.963 bits per heavy atom. The van der Waals surface area contributed by atoms with Crippen molar-refractivity contribution in [2.75, 3.05) is 6.61 Å². The van der Waals surface area contributed by atoms with Crippen LogP contribution in [0.4, 0.5) is 0 Å². The van der Waals surface area contributed by atoms with E-state index in [0.29, 0.717) is 17.9 Å². The first kappa shape index (κ1) is 21.6. The van der Waals surface area contributed by atoms with Crippen molar-refractivity contribution < 1.29 is 13.9 Å². The van der Waals surface area contributed by atoms with Gasteiger partial charge in [0.05, 0.1) is 12.9 Å². The first-order chi connectivity index (χ1) is 12.5. The van der Waals surface area contributed by atoms with Crippen LogP contribution in [0, 0.1) is 10.8 Å². The van der Waals surface area contributed by atoms with Gasteiger partial charge < -0.3 is 13.9 Å². The molecule has 3 nitrogen and oxygen atoms in total. The first-order valence-electron chi connectivity index (χ1n) is 9.95. The highest BCUT2D eigenvalue weighted by molar-refractivity contribution is 5.30. The summed E-state index contributed by atoms with van der Waals surface area (Å²) in [5.41, 5.74) is 1.89. The molecule has 2 aromatic rings. The fourth-order valence-corrected chi connectivity index (χ4v) is 3.32. The van der Waals surface area contributed by atoms with E-state index in [1.807, 2.05) is 19.1 Å². The van der Waals surface area contributed by atoms with E-state index in [1.165, 1.54) is 5.56 Å². The molecule has 1 aromatic carbocycles. The summed E-state index contributed by atoms with van der Waals surface area (Å²) >= 11 is 0. The Balaban J connectivity index is 1.92. The maximum absolute atomic E-state index is 5.90. The van der Waals surface area contributed by atoms with Gasteiger partial charge in [-0.25, -0.2) is 0 Å². The van der Waals surface area contributed by atoms with Crippen molar-refractivity contribution in [2.45, 2.75) is 73.5 Å². The van der Waals surface area contributed by atoms with Crippen molar-refractivity contribution in [3.05, 3.63) is 54.0 Å². The molecule has 0 fully saturated rings. The van der Waals surface area contributed by atoms with Gasteiger partial charge in [-0.2, -0.15) is 0 Å². The van der Waals surface area contributed by atoms with Gasteiger partial charge in [0, 0.05) is 6.42 Å². The minimum atomic E-state index is -0.293. The molecular weight excluding hydrogens is 336 g/mol. The van der Waals surface area contributed by atoms with Crippen molar-refractivity contribution in [1.29, 1.82) is 0 Å². The quantitative estimate of drug-likeness (QED) is 0.476. The second-order valence-corrected chi connectivity index (χ2v) is 9.64. The van der Waals surface area contributed by atoms with Crippen LogP contribution in [0.15, 0.2) is 47.1 Å². The van der Waals surface area contributed by atoms with Crippen LogP contribution in [0.25, 0.3) is 0 Å². The lowest BCUT2D eigenvalue weighted by Crippen LogP contribution is -2.24. The van der Waals surface area contributed by atoms with E-state index < -0.39 is 0 Å². The smallest absolute Gasteiger partial charge is 0.196 e. The van der Waals surface area contributed by atoms with Crippen LogP contribution in [0.3, 0.4) is 0 Å². The third kappa shape index (κ3) is 7.42. The highest BCUT2D eigenvalue weighted by Crippen LogP contribution is 2.43. The monoisotopic (exact) mass is 372 g/mol. The molecule has 0 radical (unpaired) electrons. The van der Waals surface area contributed by atoms with Crippen LogP contribution in [0.2, 0.25) is 0 Å². The highest BCUT2D eigenvalue weighted by atomic mass is 16.7. The van der Waals surface area contributed by atoms with Crippen molar-refractivity contribution >= 4 is 0 Å². The molecule has 2 rings (SSSR count). The Bertz CT molecular complexity index is 657. The largest absolute Gasteiger partial charge is 0.469 e. The van der Waals surface area contributed by atoms with Gasteiger partial charge in [-0.15, -0.1) is 0 Å². The maximum atomic E-state index is 5.90. The third-order valence-corrected chi connectivity index (χ3v) is 4.73. The summed E-state index contributed by atoms with van der Waals surface area (Å²) in [4.78, 5) is 0. The van der Waals surface area contributed by atoms with E-state index in [2.05, 4.69) is 65.8 Å². The van der Waals surface area contributed by atoms with Crippen LogP contribution in [-0.4, -0.2) is 12.9 Å². The van der Waals surface area contributed by atoms with Gasteiger partial charge in [0.1, 0.15) is 11.5 Å². The summed E-state index contributed by atoms with van der Waals surface area (Å²) < 4.78 is 16.9. The summed E-state index contributed by atoms with van der Waals surface area (Å²) in [7, 11) is 0. The Labute approximate surface area is 165 Å². The lowest BCUT2D eigenvalue weighted by molar-refractivity contribution is -0.0662. The van der Waals surface area contributed by atoms with Crippen LogP contribution in [0.5, 0.6) is 5.75 Å². The van der Waals surface area contributed by atoms with Gasteiger partial charge in [-0.1, -0.05) is 53.7 Å². The Hall–Kier alpha value is -1.74. The van der Waals surface area contributed by atoms with Gasteiger partial charge in [-0.05, 0) is 59.9 Å². The number of hydrogen-bond donors (Lipinski definition) is 0. The Morgan fingerprint density at radius 3 is 2.15 bits per heavy atom. The number of hydrogen-bond acceptors (Lipinski definition) is 3. The summed E-state index contributed by atoms with van der Waals surface area (Å²) in [6.07, 6.45) is 3.29. The lowest BCUT2D eigenvalue weighted by atomic mass is 9.69. The molecule has 0 aliphatic heterocycles. The molecule has 0 aliphatic carbocycles. The SMILES string of the molecule is CC(OCCc1ccco1)Oc1ccc(C(CC(C)(C)C)C(C)(C)C)cc1. The number of ether oxygens (including phenoxy) is 2. The maximum Gasteiger partial charge on any atom is 0.196 e. The van der Waals surface area contributed by atoms with E-state index in [0.717, 1.165) is 24.4 Å². The molecule has 0 amide bonds. The van der Waals surface area contributed by atoms with Crippen molar-refractivity contribution in [3.8, 4) is 5.75 Å². The first-order valence-corrected chi connectivity index (χ1v) is 9.95. The average Bonchev–Trinajstić information content (AvgIpc) is 3.05. The molecule has 0 saturated carbocycles. The normalized spacial score (nSPS) is 14.8. The molecule has 150 valence electrons. The molecule has 27 heavy (non-hydrogen) atoms. The number of rotatable bonds is 8. The third-order valence-electron chi connectivity index (χ3n) is 4.73. The molecule has 3 heteroatoms. The predicted molar refractivity (Wildman–Crippen MR) is 111 cm³/mol. The van der Waals surface area contributed by atoms with Crippen LogP contribution in [-0.2, 0) is 11.2 Å². The van der Waals surface area contributed by atoms with E-state index in [9.17, 15) is 0 Å². The second-order valence-electron chi connectivity index (χ2n) is 9.64. The fraction of sp³-hybridized carbons (Fsp3) is 0.583. The summed E-state index contributed by atoms with van der Waals surface area (Å²) in [5, 5.41) is 0. The lowest BCUT2D eigenvalue weighted by Gasteiger charge is -2.36. The minimum absolute atomic E-state index is 0.220. The molecule has 0 spiro atoms. The van der Waals surface area contributed by atoms with E-state index in [4.69, 9.17) is 13.9 Å². The summed E-state index contributed by atoms with van der Waals surface area (Å²) in [6.45, 7) is 16.4. The Morgan fingerprint density at radius 2 is 1.63 bits per heavy atom. The summed E-state index contributed by atoms with van der Waals surface area (Å²) in [6, 6.07) is 12.4. The van der Waals surface area contributed by atoms with Crippen molar-refractivity contribution in [1.82, 2.24) is 0 Å². The van der Waals surface area contributed by atoms with Crippen LogP contribution < -0.4 is 4.74 Å². The molecule has 2 unspecified atom stereocenters. The van der Waals surface area contributed by atoms with E-state index in [-0.39, 0.29) is 11.7 Å². The second kappa shape index (κ2) is 8.97. The predicted octanol–water partition coefficient (Wildman–Crippen LogP) is 6.83. The van der Waals surface area contributed by atoms with Gasteiger partial charge >= 0.3 is 0 Å². The standard InChI is InChI=1S/C24H36O3/c1-18(25-16-14-20-9-8-15-26-20)27-21-12-10-19(11-13-21)22(24(5,6)7)17-23(2,3)4/h8-13,15,18,22H,14,16-17H2,1-7H3. The number of furan rings is 1. The molecule has 0 N–H and O–H groups in total. The summed E-state index contributed by atoms with van der Waals surface area (Å²) in [5.74, 6) is 2.28. The topological polar surface area (TPSA) is 31.6 Å². The molecule has 0 aliphatic rings. The van der Waals surface area contributed by atoms with E-state index in [1.54, 1.807) is 6.26 Å². The van der Waals surface area contributed by atoms with Crippen LogP contribution >= 0.6 is 0 Å². The zero-order chi connectivity index (χ0) is 20.1. The molecule has 1 aromatic heterocycles.